The van der Waals surface area contributed by atoms with Gasteiger partial charge in [-0.1, -0.05) is 41.4 Å². The van der Waals surface area contributed by atoms with Crippen molar-refractivity contribution in [2.75, 3.05) is 5.33 Å². The number of benzene rings is 1. The van der Waals surface area contributed by atoms with E-state index in [9.17, 15) is 14.9 Å². The maximum Gasteiger partial charge on any atom is 0.283 e. The van der Waals surface area contributed by atoms with Crippen LogP contribution in [0.25, 0.3) is 0 Å². The minimum absolute atomic E-state index is 0.0223. The second-order valence-corrected chi connectivity index (χ2v) is 5.96. The molecule has 7 heteroatoms. The second kappa shape index (κ2) is 7.59. The van der Waals surface area contributed by atoms with Crippen LogP contribution in [0.15, 0.2) is 18.2 Å². The van der Waals surface area contributed by atoms with Crippen LogP contribution in [0, 0.1) is 16.0 Å². The van der Waals surface area contributed by atoms with Crippen molar-refractivity contribution in [2.45, 2.75) is 26.3 Å². The molecule has 1 N–H and O–H groups in total. The summed E-state index contributed by atoms with van der Waals surface area (Å²) in [6, 6.07) is 3.95. The van der Waals surface area contributed by atoms with Gasteiger partial charge in [-0.2, -0.15) is 0 Å². The van der Waals surface area contributed by atoms with Gasteiger partial charge in [-0.25, -0.2) is 0 Å². The molecule has 20 heavy (non-hydrogen) atoms. The second-order valence-electron chi connectivity index (χ2n) is 4.87. The van der Waals surface area contributed by atoms with Crippen molar-refractivity contribution in [3.63, 3.8) is 0 Å². The van der Waals surface area contributed by atoms with Crippen molar-refractivity contribution in [3.8, 4) is 0 Å². The number of nitro benzene ring substituents is 1. The number of hydrogen-bond acceptors (Lipinski definition) is 3. The zero-order valence-corrected chi connectivity index (χ0v) is 13.6. The van der Waals surface area contributed by atoms with Gasteiger partial charge in [0.2, 0.25) is 0 Å². The van der Waals surface area contributed by atoms with Crippen LogP contribution in [0.2, 0.25) is 5.02 Å². The van der Waals surface area contributed by atoms with Gasteiger partial charge in [0.05, 0.1) is 4.92 Å². The summed E-state index contributed by atoms with van der Waals surface area (Å²) < 4.78 is 0. The molecule has 0 heterocycles. The summed E-state index contributed by atoms with van der Waals surface area (Å²) in [5.41, 5.74) is -0.262. The number of nitrogens with one attached hydrogen (secondary N) is 1. The Kier molecular flexibility index (Phi) is 6.42. The Hall–Kier alpha value is -1.14. The number of nitro groups is 1. The Morgan fingerprint density at radius 1 is 1.50 bits per heavy atom. The topological polar surface area (TPSA) is 72.2 Å². The third kappa shape index (κ3) is 4.76. The molecule has 5 nitrogen and oxygen atoms in total. The highest BCUT2D eigenvalue weighted by molar-refractivity contribution is 9.09. The van der Waals surface area contributed by atoms with Crippen LogP contribution in [0.4, 0.5) is 5.69 Å². The van der Waals surface area contributed by atoms with Gasteiger partial charge in [0.25, 0.3) is 11.6 Å². The molecule has 0 saturated carbocycles. The van der Waals surface area contributed by atoms with Gasteiger partial charge in [0, 0.05) is 22.5 Å². The van der Waals surface area contributed by atoms with E-state index >= 15 is 0 Å². The van der Waals surface area contributed by atoms with Gasteiger partial charge in [0.15, 0.2) is 0 Å². The lowest BCUT2D eigenvalue weighted by atomic mass is 10.0. The van der Waals surface area contributed by atoms with Crippen molar-refractivity contribution in [1.82, 2.24) is 5.32 Å². The monoisotopic (exact) mass is 362 g/mol. The molecular weight excluding hydrogens is 348 g/mol. The zero-order chi connectivity index (χ0) is 15.3. The summed E-state index contributed by atoms with van der Waals surface area (Å²) in [4.78, 5) is 22.5. The fourth-order valence-corrected chi connectivity index (χ4v) is 2.43. The lowest BCUT2D eigenvalue weighted by Gasteiger charge is -2.18. The van der Waals surface area contributed by atoms with Crippen molar-refractivity contribution in [2.24, 2.45) is 5.92 Å². The molecule has 1 unspecified atom stereocenters. The van der Waals surface area contributed by atoms with E-state index in [-0.39, 0.29) is 22.3 Å². The zero-order valence-electron chi connectivity index (χ0n) is 11.2. The van der Waals surface area contributed by atoms with Crippen LogP contribution in [0.3, 0.4) is 0 Å². The minimum Gasteiger partial charge on any atom is -0.348 e. The molecule has 0 saturated heterocycles. The van der Waals surface area contributed by atoms with Crippen LogP contribution < -0.4 is 5.32 Å². The Morgan fingerprint density at radius 3 is 2.65 bits per heavy atom. The summed E-state index contributed by atoms with van der Waals surface area (Å²) in [5, 5.41) is 14.6. The smallest absolute Gasteiger partial charge is 0.283 e. The fourth-order valence-electron chi connectivity index (χ4n) is 1.84. The summed E-state index contributed by atoms with van der Waals surface area (Å²) >= 11 is 9.06. The van der Waals surface area contributed by atoms with Gasteiger partial charge < -0.3 is 5.32 Å². The average molecular weight is 364 g/mol. The van der Waals surface area contributed by atoms with E-state index in [1.54, 1.807) is 0 Å². The number of carbonyl (C=O) groups is 1. The lowest BCUT2D eigenvalue weighted by Crippen LogP contribution is -2.37. The van der Waals surface area contributed by atoms with E-state index in [1.165, 1.54) is 18.2 Å². The maximum atomic E-state index is 12.2. The van der Waals surface area contributed by atoms with Crippen molar-refractivity contribution in [3.05, 3.63) is 38.9 Å². The summed E-state index contributed by atoms with van der Waals surface area (Å²) in [7, 11) is 0. The lowest BCUT2D eigenvalue weighted by molar-refractivity contribution is -0.385. The van der Waals surface area contributed by atoms with E-state index in [4.69, 9.17) is 11.6 Å². The van der Waals surface area contributed by atoms with Gasteiger partial charge in [-0.05, 0) is 24.5 Å². The first-order valence-electron chi connectivity index (χ1n) is 6.16. The predicted molar refractivity (Wildman–Crippen MR) is 82.6 cm³/mol. The first-order chi connectivity index (χ1) is 9.35. The number of alkyl halides is 1. The Morgan fingerprint density at radius 2 is 2.15 bits per heavy atom. The van der Waals surface area contributed by atoms with E-state index in [1.807, 2.05) is 13.8 Å². The van der Waals surface area contributed by atoms with Gasteiger partial charge in [-0.15, -0.1) is 0 Å². The molecule has 1 aromatic carbocycles. The number of nitrogens with zero attached hydrogens (tertiary/aromatic N) is 1. The third-order valence-corrected chi connectivity index (χ3v) is 3.70. The SMILES string of the molecule is CC(C)CC(CBr)NC(=O)c1ccc(Cl)cc1[N+](=O)[O-]. The largest absolute Gasteiger partial charge is 0.348 e. The first kappa shape index (κ1) is 16.9. The molecular formula is C13H16BrClN2O3. The summed E-state index contributed by atoms with van der Waals surface area (Å²) in [6.07, 6.45) is 0.790. The number of halogens is 2. The summed E-state index contributed by atoms with van der Waals surface area (Å²) in [5.74, 6) is -0.0449. The molecule has 1 amide bonds. The number of hydrogen-bond donors (Lipinski definition) is 1. The molecule has 0 fully saturated rings. The van der Waals surface area contributed by atoms with E-state index < -0.39 is 10.8 Å². The Labute approximate surface area is 131 Å². The molecule has 0 aromatic heterocycles. The van der Waals surface area contributed by atoms with Crippen molar-refractivity contribution < 1.29 is 9.72 Å². The number of rotatable bonds is 6. The maximum absolute atomic E-state index is 12.2. The molecule has 1 aromatic rings. The normalized spacial score (nSPS) is 12.2. The number of amides is 1. The molecule has 0 radical (unpaired) electrons. The molecule has 110 valence electrons. The van der Waals surface area contributed by atoms with Crippen LogP contribution in [-0.2, 0) is 0 Å². The predicted octanol–water partition coefficient (Wildman–Crippen LogP) is 3.79. The van der Waals surface area contributed by atoms with Crippen LogP contribution in [0.1, 0.15) is 30.6 Å². The molecule has 1 rings (SSSR count). The minimum atomic E-state index is -0.605. The standard InChI is InChI=1S/C13H16BrClN2O3/c1-8(2)5-10(7-14)16-13(18)11-4-3-9(15)6-12(11)17(19)20/h3-4,6,8,10H,5,7H2,1-2H3,(H,16,18). The highest BCUT2D eigenvalue weighted by atomic mass is 79.9. The fraction of sp³-hybridized carbons (Fsp3) is 0.462. The average Bonchev–Trinajstić information content (AvgIpc) is 2.36. The molecule has 0 aliphatic carbocycles. The Bertz CT molecular complexity index is 508. The van der Waals surface area contributed by atoms with Crippen molar-refractivity contribution in [1.29, 1.82) is 0 Å². The molecule has 1 atom stereocenters. The molecule has 0 spiro atoms. The quantitative estimate of drug-likeness (QED) is 0.475. The van der Waals surface area contributed by atoms with E-state index in [0.717, 1.165) is 6.42 Å². The number of carbonyl (C=O) groups excluding carboxylic acids is 1. The van der Waals surface area contributed by atoms with Gasteiger partial charge in [0.1, 0.15) is 5.56 Å². The Balaban J connectivity index is 2.94. The highest BCUT2D eigenvalue weighted by Crippen LogP contribution is 2.23. The van der Waals surface area contributed by atoms with Gasteiger partial charge >= 0.3 is 0 Å². The molecule has 0 bridgehead atoms. The summed E-state index contributed by atoms with van der Waals surface area (Å²) in [6.45, 7) is 4.10. The van der Waals surface area contributed by atoms with Crippen molar-refractivity contribution >= 4 is 39.1 Å². The van der Waals surface area contributed by atoms with Crippen LogP contribution in [0.5, 0.6) is 0 Å². The van der Waals surface area contributed by atoms with Crippen LogP contribution in [-0.4, -0.2) is 22.2 Å². The third-order valence-electron chi connectivity index (χ3n) is 2.68. The first-order valence-corrected chi connectivity index (χ1v) is 7.65. The van der Waals surface area contributed by atoms with E-state index in [0.29, 0.717) is 11.2 Å². The highest BCUT2D eigenvalue weighted by Gasteiger charge is 2.22. The van der Waals surface area contributed by atoms with E-state index in [2.05, 4.69) is 21.2 Å². The molecule has 0 aliphatic heterocycles. The van der Waals surface area contributed by atoms with Crippen LogP contribution >= 0.6 is 27.5 Å². The van der Waals surface area contributed by atoms with Gasteiger partial charge in [-0.3, -0.25) is 14.9 Å². The molecule has 0 aliphatic rings.